The number of carbonyl (C=O) groups is 1. The van der Waals surface area contributed by atoms with Crippen LogP contribution in [0.25, 0.3) is 11.3 Å². The van der Waals surface area contributed by atoms with Crippen molar-refractivity contribution in [3.05, 3.63) is 66.0 Å². The molecule has 0 unspecified atom stereocenters. The first-order chi connectivity index (χ1) is 12.7. The van der Waals surface area contributed by atoms with Gasteiger partial charge in [0.15, 0.2) is 5.82 Å². The van der Waals surface area contributed by atoms with Crippen LogP contribution in [0, 0.1) is 22.7 Å². The van der Waals surface area contributed by atoms with Gasteiger partial charge in [-0.05, 0) is 12.1 Å². The number of nitrogens with zero attached hydrogens (tertiary/aromatic N) is 5. The fourth-order valence-electron chi connectivity index (χ4n) is 2.20. The molecule has 0 aliphatic heterocycles. The monoisotopic (exact) mass is 341 g/mol. The number of aromatic nitrogens is 3. The summed E-state index contributed by atoms with van der Waals surface area (Å²) in [5, 5.41) is 29.1. The SMILES string of the molecule is N#CC(=NNc1n[nH]c(-c2ccccc2)c1C#N)C(=O)c1ccccn1. The van der Waals surface area contributed by atoms with Crippen molar-refractivity contribution in [3.8, 4) is 23.4 Å². The number of ketones is 1. The molecule has 8 heteroatoms. The molecule has 0 saturated carbocycles. The summed E-state index contributed by atoms with van der Waals surface area (Å²) in [6.07, 6.45) is 1.45. The standard InChI is InChI=1S/C18H11N7O/c19-10-13-16(12-6-2-1-3-7-12)23-25-18(13)24-22-15(11-20)17(26)14-8-4-5-9-21-14/h1-9H,(H2,23,24,25). The Morgan fingerprint density at radius 3 is 2.54 bits per heavy atom. The largest absolute Gasteiger partial charge is 0.284 e. The van der Waals surface area contributed by atoms with E-state index in [4.69, 9.17) is 0 Å². The number of H-pyrrole nitrogens is 1. The van der Waals surface area contributed by atoms with Crippen LogP contribution in [0.2, 0.25) is 0 Å². The van der Waals surface area contributed by atoms with Gasteiger partial charge in [0, 0.05) is 11.8 Å². The summed E-state index contributed by atoms with van der Waals surface area (Å²) in [6.45, 7) is 0. The Hall–Kier alpha value is -4.30. The molecule has 3 rings (SSSR count). The van der Waals surface area contributed by atoms with Crippen molar-refractivity contribution in [1.82, 2.24) is 15.2 Å². The van der Waals surface area contributed by atoms with Crippen molar-refractivity contribution in [3.63, 3.8) is 0 Å². The van der Waals surface area contributed by atoms with Crippen LogP contribution in [0.1, 0.15) is 16.1 Å². The number of anilines is 1. The Morgan fingerprint density at radius 1 is 1.12 bits per heavy atom. The molecule has 0 atom stereocenters. The number of aromatic amines is 1. The number of hydrogen-bond donors (Lipinski definition) is 2. The van der Waals surface area contributed by atoms with Crippen LogP contribution in [0.5, 0.6) is 0 Å². The number of Topliss-reactive ketones (excluding diaryl/α,β-unsaturated/α-hetero) is 1. The van der Waals surface area contributed by atoms with Crippen molar-refractivity contribution < 1.29 is 4.79 Å². The minimum atomic E-state index is -0.627. The molecule has 0 aliphatic carbocycles. The van der Waals surface area contributed by atoms with Gasteiger partial charge in [0.25, 0.3) is 0 Å². The summed E-state index contributed by atoms with van der Waals surface area (Å²) in [5.74, 6) is -0.508. The number of nitriles is 2. The minimum absolute atomic E-state index is 0.0992. The van der Waals surface area contributed by atoms with Crippen LogP contribution < -0.4 is 5.43 Å². The van der Waals surface area contributed by atoms with Crippen LogP contribution >= 0.6 is 0 Å². The Balaban J connectivity index is 1.88. The van der Waals surface area contributed by atoms with Gasteiger partial charge in [0.2, 0.25) is 11.5 Å². The van der Waals surface area contributed by atoms with Gasteiger partial charge in [0.05, 0.1) is 5.69 Å². The van der Waals surface area contributed by atoms with Crippen molar-refractivity contribution in [2.45, 2.75) is 0 Å². The highest BCUT2D eigenvalue weighted by Gasteiger charge is 2.17. The number of pyridine rings is 1. The predicted molar refractivity (Wildman–Crippen MR) is 94.0 cm³/mol. The Labute approximate surface area is 148 Å². The van der Waals surface area contributed by atoms with E-state index in [1.54, 1.807) is 18.2 Å². The molecule has 0 saturated heterocycles. The maximum Gasteiger partial charge on any atom is 0.242 e. The average molecular weight is 341 g/mol. The molecule has 0 aliphatic rings. The molecule has 0 bridgehead atoms. The third-order valence-electron chi connectivity index (χ3n) is 3.43. The third-order valence-corrected chi connectivity index (χ3v) is 3.43. The van der Waals surface area contributed by atoms with Crippen LogP contribution in [0.3, 0.4) is 0 Å². The number of rotatable bonds is 5. The smallest absolute Gasteiger partial charge is 0.242 e. The highest BCUT2D eigenvalue weighted by molar-refractivity contribution is 6.51. The fourth-order valence-corrected chi connectivity index (χ4v) is 2.20. The van der Waals surface area contributed by atoms with E-state index in [-0.39, 0.29) is 17.1 Å². The molecule has 0 spiro atoms. The molecule has 0 radical (unpaired) electrons. The summed E-state index contributed by atoms with van der Waals surface area (Å²) >= 11 is 0. The molecule has 0 amide bonds. The first-order valence-corrected chi connectivity index (χ1v) is 7.48. The molecule has 124 valence electrons. The normalized spacial score (nSPS) is 10.6. The molecule has 8 nitrogen and oxygen atoms in total. The van der Waals surface area contributed by atoms with Crippen LogP contribution in [0.4, 0.5) is 5.82 Å². The summed E-state index contributed by atoms with van der Waals surface area (Å²) < 4.78 is 0. The maximum atomic E-state index is 12.2. The lowest BCUT2D eigenvalue weighted by Gasteiger charge is -2.00. The molecule has 1 aromatic carbocycles. The molecule has 2 aromatic heterocycles. The molecule has 26 heavy (non-hydrogen) atoms. The highest BCUT2D eigenvalue weighted by Crippen LogP contribution is 2.25. The van der Waals surface area contributed by atoms with E-state index >= 15 is 0 Å². The zero-order valence-electron chi connectivity index (χ0n) is 13.3. The van der Waals surface area contributed by atoms with E-state index in [1.807, 2.05) is 36.4 Å². The van der Waals surface area contributed by atoms with Crippen LogP contribution in [0.15, 0.2) is 59.8 Å². The summed E-state index contributed by atoms with van der Waals surface area (Å²) in [5.41, 5.74) is 3.73. The topological polar surface area (TPSA) is 131 Å². The molecule has 2 heterocycles. The van der Waals surface area contributed by atoms with Crippen molar-refractivity contribution in [1.29, 1.82) is 10.5 Å². The van der Waals surface area contributed by atoms with Crippen molar-refractivity contribution in [2.24, 2.45) is 5.10 Å². The number of hydrazone groups is 1. The predicted octanol–water partition coefficient (Wildman–Crippen LogP) is 2.52. The molecular weight excluding hydrogens is 330 g/mol. The molecule has 0 fully saturated rings. The highest BCUT2D eigenvalue weighted by atomic mass is 16.1. The van der Waals surface area contributed by atoms with Gasteiger partial charge in [-0.15, -0.1) is 0 Å². The lowest BCUT2D eigenvalue weighted by Crippen LogP contribution is -2.15. The lowest BCUT2D eigenvalue weighted by molar-refractivity contribution is 0.106. The van der Waals surface area contributed by atoms with Gasteiger partial charge in [-0.2, -0.15) is 20.7 Å². The van der Waals surface area contributed by atoms with E-state index in [9.17, 15) is 15.3 Å². The van der Waals surface area contributed by atoms with E-state index in [1.165, 1.54) is 12.3 Å². The van der Waals surface area contributed by atoms with E-state index < -0.39 is 11.5 Å². The maximum absolute atomic E-state index is 12.2. The minimum Gasteiger partial charge on any atom is -0.284 e. The van der Waals surface area contributed by atoms with Gasteiger partial charge in [0.1, 0.15) is 23.4 Å². The zero-order chi connectivity index (χ0) is 18.4. The zero-order valence-corrected chi connectivity index (χ0v) is 13.3. The van der Waals surface area contributed by atoms with Gasteiger partial charge in [-0.3, -0.25) is 20.3 Å². The van der Waals surface area contributed by atoms with Crippen LogP contribution in [-0.4, -0.2) is 26.7 Å². The number of benzene rings is 1. The van der Waals surface area contributed by atoms with Gasteiger partial charge >= 0.3 is 0 Å². The van der Waals surface area contributed by atoms with Crippen molar-refractivity contribution >= 4 is 17.3 Å². The lowest BCUT2D eigenvalue weighted by atomic mass is 10.1. The second-order valence-corrected chi connectivity index (χ2v) is 5.03. The Bertz CT molecular complexity index is 1040. The second-order valence-electron chi connectivity index (χ2n) is 5.03. The number of nitrogens with one attached hydrogen (secondary N) is 2. The Kier molecular flexibility index (Phi) is 4.78. The summed E-state index contributed by atoms with van der Waals surface area (Å²) in [6, 6.07) is 17.7. The van der Waals surface area contributed by atoms with Gasteiger partial charge in [-0.25, -0.2) is 0 Å². The second kappa shape index (κ2) is 7.51. The summed E-state index contributed by atoms with van der Waals surface area (Å²) in [4.78, 5) is 16.1. The number of carbonyl (C=O) groups excluding carboxylic acids is 1. The third kappa shape index (κ3) is 3.30. The number of hydrogen-bond acceptors (Lipinski definition) is 7. The molecule has 3 aromatic rings. The van der Waals surface area contributed by atoms with E-state index in [0.717, 1.165) is 5.56 Å². The fraction of sp³-hybridized carbons (Fsp3) is 0. The Morgan fingerprint density at radius 2 is 1.88 bits per heavy atom. The summed E-state index contributed by atoms with van der Waals surface area (Å²) in [7, 11) is 0. The first-order valence-electron chi connectivity index (χ1n) is 7.48. The first kappa shape index (κ1) is 16.6. The molecule has 2 N–H and O–H groups in total. The van der Waals surface area contributed by atoms with Gasteiger partial charge < -0.3 is 0 Å². The van der Waals surface area contributed by atoms with E-state index in [0.29, 0.717) is 5.69 Å². The van der Waals surface area contributed by atoms with Gasteiger partial charge in [-0.1, -0.05) is 36.4 Å². The van der Waals surface area contributed by atoms with Crippen LogP contribution in [-0.2, 0) is 0 Å². The molecular formula is C18H11N7O. The average Bonchev–Trinajstić information content (AvgIpc) is 3.12. The quantitative estimate of drug-likeness (QED) is 0.416. The van der Waals surface area contributed by atoms with Crippen molar-refractivity contribution in [2.75, 3.05) is 5.43 Å². The van der Waals surface area contributed by atoms with E-state index in [2.05, 4.69) is 25.7 Å².